The first kappa shape index (κ1) is 13.8. The third kappa shape index (κ3) is 4.24. The Bertz CT molecular complexity index is 407. The van der Waals surface area contributed by atoms with E-state index in [1.807, 2.05) is 6.92 Å². The molecular weight excluding hydrogens is 240 g/mol. The van der Waals surface area contributed by atoms with E-state index in [0.29, 0.717) is 22.7 Å². The fourth-order valence-corrected chi connectivity index (χ4v) is 1.77. The number of anilines is 1. The summed E-state index contributed by atoms with van der Waals surface area (Å²) in [5, 5.41) is 12.4. The number of aliphatic hydroxyl groups is 1. The van der Waals surface area contributed by atoms with Crippen LogP contribution in [0.3, 0.4) is 0 Å². The Hall–Kier alpha value is -1.26. The Labute approximate surface area is 106 Å². The lowest BCUT2D eigenvalue weighted by molar-refractivity contribution is 0.0924. The Morgan fingerprint density at radius 1 is 1.53 bits per heavy atom. The fraction of sp³-hybridized carbons (Fsp3) is 0.417. The van der Waals surface area contributed by atoms with Crippen molar-refractivity contribution < 1.29 is 9.90 Å². The van der Waals surface area contributed by atoms with E-state index >= 15 is 0 Å². The molecule has 4 N–H and O–H groups in total. The molecule has 0 aliphatic carbocycles. The predicted molar refractivity (Wildman–Crippen MR) is 69.1 cm³/mol. The molecule has 1 aromatic carbocycles. The minimum atomic E-state index is -0.456. The summed E-state index contributed by atoms with van der Waals surface area (Å²) >= 11 is 5.81. The van der Waals surface area contributed by atoms with Crippen LogP contribution in [0.5, 0.6) is 0 Å². The predicted octanol–water partition coefficient (Wildman–Crippen LogP) is 1.81. The van der Waals surface area contributed by atoms with Crippen molar-refractivity contribution in [2.75, 3.05) is 5.73 Å². The highest BCUT2D eigenvalue weighted by molar-refractivity contribution is 6.31. The molecule has 0 aliphatic rings. The molecule has 1 rings (SSSR count). The fourth-order valence-electron chi connectivity index (χ4n) is 1.60. The maximum Gasteiger partial charge on any atom is 0.253 e. The number of rotatable bonds is 4. The Kier molecular flexibility index (Phi) is 4.78. The second-order valence-corrected chi connectivity index (χ2v) is 4.63. The van der Waals surface area contributed by atoms with Crippen LogP contribution in [-0.2, 0) is 0 Å². The van der Waals surface area contributed by atoms with E-state index in [0.717, 1.165) is 0 Å². The number of aliphatic hydroxyl groups excluding tert-OH is 1. The summed E-state index contributed by atoms with van der Waals surface area (Å²) < 4.78 is 0. The summed E-state index contributed by atoms with van der Waals surface area (Å²) in [5.41, 5.74) is 6.44. The first-order chi connectivity index (χ1) is 7.90. The lowest BCUT2D eigenvalue weighted by Crippen LogP contribution is -2.35. The zero-order chi connectivity index (χ0) is 13.0. The molecule has 17 heavy (non-hydrogen) atoms. The van der Waals surface area contributed by atoms with Crippen LogP contribution in [-0.4, -0.2) is 23.2 Å². The van der Waals surface area contributed by atoms with E-state index in [2.05, 4.69) is 5.32 Å². The van der Waals surface area contributed by atoms with Gasteiger partial charge in [-0.1, -0.05) is 11.6 Å². The highest BCUT2D eigenvalue weighted by atomic mass is 35.5. The number of amides is 1. The zero-order valence-corrected chi connectivity index (χ0v) is 10.7. The molecule has 94 valence electrons. The number of carbonyl (C=O) groups is 1. The van der Waals surface area contributed by atoms with Gasteiger partial charge in [0.05, 0.1) is 11.7 Å². The van der Waals surface area contributed by atoms with E-state index in [1.165, 1.54) is 6.07 Å². The number of nitrogen functional groups attached to an aromatic ring is 1. The summed E-state index contributed by atoms with van der Waals surface area (Å²) in [4.78, 5) is 11.9. The molecule has 0 heterocycles. The second-order valence-electron chi connectivity index (χ2n) is 4.19. The van der Waals surface area contributed by atoms with Crippen LogP contribution in [0.4, 0.5) is 5.69 Å². The van der Waals surface area contributed by atoms with Crippen LogP contribution in [0.25, 0.3) is 0 Å². The molecule has 0 aliphatic heterocycles. The maximum atomic E-state index is 11.9. The number of hydrogen-bond acceptors (Lipinski definition) is 3. The summed E-state index contributed by atoms with van der Waals surface area (Å²) in [7, 11) is 0. The maximum absolute atomic E-state index is 11.9. The molecule has 5 heteroatoms. The number of halogens is 1. The second kappa shape index (κ2) is 5.89. The molecule has 0 spiro atoms. The molecule has 1 amide bonds. The smallest absolute Gasteiger partial charge is 0.253 e. The highest BCUT2D eigenvalue weighted by Gasteiger charge is 2.14. The molecule has 2 atom stereocenters. The monoisotopic (exact) mass is 256 g/mol. The lowest BCUT2D eigenvalue weighted by Gasteiger charge is -2.16. The number of carbonyl (C=O) groups excluding carboxylic acids is 1. The normalized spacial score (nSPS) is 14.1. The summed E-state index contributed by atoms with van der Waals surface area (Å²) in [6.07, 6.45) is 0.0358. The molecular formula is C12H17ClN2O2. The van der Waals surface area contributed by atoms with E-state index in [4.69, 9.17) is 17.3 Å². The molecule has 0 bridgehead atoms. The minimum absolute atomic E-state index is 0.124. The number of benzene rings is 1. The van der Waals surface area contributed by atoms with Crippen molar-refractivity contribution in [3.63, 3.8) is 0 Å². The first-order valence-corrected chi connectivity index (χ1v) is 5.82. The van der Waals surface area contributed by atoms with Crippen molar-refractivity contribution in [3.05, 3.63) is 28.8 Å². The van der Waals surface area contributed by atoms with Gasteiger partial charge in [-0.25, -0.2) is 0 Å². The minimum Gasteiger partial charge on any atom is -0.398 e. The number of hydrogen-bond donors (Lipinski definition) is 3. The van der Waals surface area contributed by atoms with Gasteiger partial charge in [0.2, 0.25) is 0 Å². The summed E-state index contributed by atoms with van der Waals surface area (Å²) in [5.74, 6) is -0.279. The van der Waals surface area contributed by atoms with Gasteiger partial charge in [0.1, 0.15) is 0 Å². The van der Waals surface area contributed by atoms with E-state index < -0.39 is 6.10 Å². The highest BCUT2D eigenvalue weighted by Crippen LogP contribution is 2.18. The van der Waals surface area contributed by atoms with Gasteiger partial charge in [-0.3, -0.25) is 4.79 Å². The van der Waals surface area contributed by atoms with Gasteiger partial charge in [0.25, 0.3) is 5.91 Å². The lowest BCUT2D eigenvalue weighted by atomic mass is 10.1. The average Bonchev–Trinajstić information content (AvgIpc) is 2.20. The van der Waals surface area contributed by atoms with Gasteiger partial charge in [-0.15, -0.1) is 0 Å². The topological polar surface area (TPSA) is 75.3 Å². The van der Waals surface area contributed by atoms with Crippen molar-refractivity contribution in [1.29, 1.82) is 0 Å². The van der Waals surface area contributed by atoms with E-state index in [-0.39, 0.29) is 11.9 Å². The van der Waals surface area contributed by atoms with Crippen molar-refractivity contribution in [2.24, 2.45) is 0 Å². The van der Waals surface area contributed by atoms with Gasteiger partial charge in [-0.05, 0) is 38.5 Å². The molecule has 2 unspecified atom stereocenters. The van der Waals surface area contributed by atoms with Gasteiger partial charge in [0, 0.05) is 16.8 Å². The Balaban J connectivity index is 2.73. The average molecular weight is 257 g/mol. The van der Waals surface area contributed by atoms with Gasteiger partial charge < -0.3 is 16.2 Å². The molecule has 0 fully saturated rings. The van der Waals surface area contributed by atoms with Crippen LogP contribution < -0.4 is 11.1 Å². The van der Waals surface area contributed by atoms with Crippen LogP contribution in [0.1, 0.15) is 30.6 Å². The molecule has 0 aromatic heterocycles. The number of nitrogens with one attached hydrogen (secondary N) is 1. The number of nitrogens with two attached hydrogens (primary N) is 1. The third-order valence-corrected chi connectivity index (χ3v) is 2.57. The zero-order valence-electron chi connectivity index (χ0n) is 9.90. The quantitative estimate of drug-likeness (QED) is 0.719. The van der Waals surface area contributed by atoms with Gasteiger partial charge >= 0.3 is 0 Å². The van der Waals surface area contributed by atoms with Crippen molar-refractivity contribution >= 4 is 23.2 Å². The van der Waals surface area contributed by atoms with Crippen molar-refractivity contribution in [2.45, 2.75) is 32.4 Å². The Morgan fingerprint density at radius 2 is 2.18 bits per heavy atom. The van der Waals surface area contributed by atoms with Gasteiger partial charge in [0.15, 0.2) is 0 Å². The van der Waals surface area contributed by atoms with Gasteiger partial charge in [-0.2, -0.15) is 0 Å². The van der Waals surface area contributed by atoms with Crippen LogP contribution >= 0.6 is 11.6 Å². The Morgan fingerprint density at radius 3 is 2.76 bits per heavy atom. The summed E-state index contributed by atoms with van der Waals surface area (Å²) in [6, 6.07) is 4.63. The largest absolute Gasteiger partial charge is 0.398 e. The molecule has 1 aromatic rings. The molecule has 0 saturated carbocycles. The third-order valence-electron chi connectivity index (χ3n) is 2.33. The van der Waals surface area contributed by atoms with Crippen molar-refractivity contribution in [3.8, 4) is 0 Å². The van der Waals surface area contributed by atoms with Crippen LogP contribution in [0, 0.1) is 0 Å². The molecule has 0 saturated heterocycles. The van der Waals surface area contributed by atoms with E-state index in [1.54, 1.807) is 19.1 Å². The molecule has 4 nitrogen and oxygen atoms in total. The van der Waals surface area contributed by atoms with Crippen molar-refractivity contribution in [1.82, 2.24) is 5.32 Å². The summed E-state index contributed by atoms with van der Waals surface area (Å²) in [6.45, 7) is 3.50. The standard InChI is InChI=1S/C12H17ClN2O2/c1-7(5-8(2)16)15-12(17)10-6-9(13)3-4-11(10)14/h3-4,6-8,16H,5,14H2,1-2H3,(H,15,17). The molecule has 0 radical (unpaired) electrons. The van der Waals surface area contributed by atoms with Crippen LogP contribution in [0.15, 0.2) is 18.2 Å². The first-order valence-electron chi connectivity index (χ1n) is 5.44. The van der Waals surface area contributed by atoms with E-state index in [9.17, 15) is 9.90 Å². The SMILES string of the molecule is CC(O)CC(C)NC(=O)c1cc(Cl)ccc1N. The van der Waals surface area contributed by atoms with Crippen LogP contribution in [0.2, 0.25) is 5.02 Å².